The van der Waals surface area contributed by atoms with Crippen molar-refractivity contribution in [1.29, 1.82) is 0 Å². The van der Waals surface area contributed by atoms with Crippen LogP contribution in [-0.4, -0.2) is 11.2 Å². The average molecular weight is 378 g/mol. The minimum atomic E-state index is -0.210. The smallest absolute Gasteiger partial charge is 0.0577 e. The zero-order valence-electron chi connectivity index (χ0n) is 14.8. The summed E-state index contributed by atoms with van der Waals surface area (Å²) in [5.74, 6) is 2.11. The van der Waals surface area contributed by atoms with Gasteiger partial charge in [0, 0.05) is 32.7 Å². The summed E-state index contributed by atoms with van der Waals surface area (Å²) in [4.78, 5) is 0. The maximum atomic E-state index is 10.1. The van der Waals surface area contributed by atoms with E-state index in [1.807, 2.05) is 6.92 Å². The number of fused-ring (bicyclic) bond motifs is 1. The number of hydrogen-bond donors (Lipinski definition) is 1. The Bertz CT molecular complexity index is 403. The number of aliphatic hydroxyl groups excluding tert-OH is 1. The van der Waals surface area contributed by atoms with Crippen molar-refractivity contribution in [3.63, 3.8) is 0 Å². The fourth-order valence-electron chi connectivity index (χ4n) is 5.18. The molecule has 0 aromatic heterocycles. The SMILES string of the molecule is [CH-]=C1CCC[C@@]2(C)C1CC[C@@H]2C(C)CCC(O)CC(=C)C.[Y]. The van der Waals surface area contributed by atoms with Gasteiger partial charge in [-0.1, -0.05) is 32.3 Å². The van der Waals surface area contributed by atoms with Crippen LogP contribution in [0.15, 0.2) is 17.7 Å². The third-order valence-corrected chi connectivity index (χ3v) is 6.26. The van der Waals surface area contributed by atoms with Gasteiger partial charge in [0.15, 0.2) is 0 Å². The maximum absolute atomic E-state index is 10.1. The van der Waals surface area contributed by atoms with Crippen LogP contribution in [0.2, 0.25) is 0 Å². The molecule has 0 bridgehead atoms. The van der Waals surface area contributed by atoms with Crippen LogP contribution in [0.5, 0.6) is 0 Å². The van der Waals surface area contributed by atoms with Crippen LogP contribution in [0.1, 0.15) is 72.1 Å². The summed E-state index contributed by atoms with van der Waals surface area (Å²) >= 11 is 0. The summed E-state index contributed by atoms with van der Waals surface area (Å²) in [5.41, 5.74) is 2.76. The van der Waals surface area contributed by atoms with E-state index in [0.29, 0.717) is 17.3 Å². The molecule has 0 heterocycles. The van der Waals surface area contributed by atoms with E-state index < -0.39 is 0 Å². The first-order valence-electron chi connectivity index (χ1n) is 8.78. The van der Waals surface area contributed by atoms with Crippen LogP contribution in [0.4, 0.5) is 0 Å². The zero-order chi connectivity index (χ0) is 15.6. The van der Waals surface area contributed by atoms with Crippen molar-refractivity contribution in [2.24, 2.45) is 23.2 Å². The van der Waals surface area contributed by atoms with Crippen LogP contribution in [-0.2, 0) is 32.7 Å². The Morgan fingerprint density at radius 2 is 2.09 bits per heavy atom. The second kappa shape index (κ2) is 8.59. The van der Waals surface area contributed by atoms with Gasteiger partial charge in [-0.3, -0.25) is 5.57 Å². The monoisotopic (exact) mass is 378 g/mol. The molecule has 1 radical (unpaired) electrons. The van der Waals surface area contributed by atoms with Crippen LogP contribution < -0.4 is 0 Å². The van der Waals surface area contributed by atoms with E-state index in [4.69, 9.17) is 6.58 Å². The van der Waals surface area contributed by atoms with Gasteiger partial charge in [0.1, 0.15) is 0 Å². The second-order valence-electron chi connectivity index (χ2n) is 8.04. The van der Waals surface area contributed by atoms with Crippen LogP contribution in [0, 0.1) is 29.7 Å². The fraction of sp³-hybridized carbons (Fsp3) is 0.800. The van der Waals surface area contributed by atoms with Crippen molar-refractivity contribution in [2.45, 2.75) is 78.2 Å². The topological polar surface area (TPSA) is 20.2 Å². The number of allylic oxidation sites excluding steroid dienone is 1. The predicted octanol–water partition coefficient (Wildman–Crippen LogP) is 5.30. The zero-order valence-corrected chi connectivity index (χ0v) is 17.6. The fourth-order valence-corrected chi connectivity index (χ4v) is 5.18. The third kappa shape index (κ3) is 4.55. The maximum Gasteiger partial charge on any atom is 0.0577 e. The molecule has 22 heavy (non-hydrogen) atoms. The van der Waals surface area contributed by atoms with Crippen molar-refractivity contribution in [1.82, 2.24) is 0 Å². The van der Waals surface area contributed by atoms with E-state index in [-0.39, 0.29) is 38.8 Å². The Labute approximate surface area is 162 Å². The van der Waals surface area contributed by atoms with E-state index in [1.54, 1.807) is 0 Å². The van der Waals surface area contributed by atoms with Gasteiger partial charge in [0.2, 0.25) is 0 Å². The summed E-state index contributed by atoms with van der Waals surface area (Å²) < 4.78 is 0. The summed E-state index contributed by atoms with van der Waals surface area (Å²) in [6, 6.07) is 0. The molecule has 2 heteroatoms. The quantitative estimate of drug-likeness (QED) is 0.491. The summed E-state index contributed by atoms with van der Waals surface area (Å²) in [7, 11) is 0. The standard InChI is InChI=1S/C20H33O.Y/c1-14(2)13-17(21)9-8-16(4)19-11-10-18-15(3)7-6-12-20(18,19)5;/h3,16-19,21H,1,6-13H2,2,4-5H3;/q-1;/t16?,17?,18?,19-,20+;/m1./s1. The van der Waals surface area contributed by atoms with Gasteiger partial charge >= 0.3 is 0 Å². The molecule has 0 spiro atoms. The average Bonchev–Trinajstić information content (AvgIpc) is 2.74. The molecule has 0 aliphatic heterocycles. The largest absolute Gasteiger partial charge is 0.514 e. The van der Waals surface area contributed by atoms with Crippen LogP contribution in [0.3, 0.4) is 0 Å². The molecule has 0 aromatic carbocycles. The molecule has 1 nitrogen and oxygen atoms in total. The van der Waals surface area contributed by atoms with Gasteiger partial charge < -0.3 is 11.7 Å². The number of aliphatic hydroxyl groups is 1. The summed E-state index contributed by atoms with van der Waals surface area (Å²) in [6.07, 6.45) is 8.91. The van der Waals surface area contributed by atoms with Crippen molar-refractivity contribution in [3.05, 3.63) is 24.3 Å². The molecule has 2 fully saturated rings. The van der Waals surface area contributed by atoms with E-state index in [2.05, 4.69) is 20.4 Å². The predicted molar refractivity (Wildman–Crippen MR) is 89.8 cm³/mol. The number of rotatable bonds is 6. The molecular formula is C20H33OY-. The van der Waals surface area contributed by atoms with E-state index in [1.165, 1.54) is 31.3 Å². The van der Waals surface area contributed by atoms with Gasteiger partial charge in [0.05, 0.1) is 6.10 Å². The molecule has 5 atom stereocenters. The Morgan fingerprint density at radius 1 is 1.41 bits per heavy atom. The summed E-state index contributed by atoms with van der Waals surface area (Å²) in [5, 5.41) is 10.1. The second-order valence-corrected chi connectivity index (χ2v) is 8.04. The molecule has 2 aliphatic rings. The van der Waals surface area contributed by atoms with Gasteiger partial charge in [-0.05, 0) is 68.6 Å². The van der Waals surface area contributed by atoms with Crippen molar-refractivity contribution in [2.75, 3.05) is 0 Å². The molecule has 2 saturated carbocycles. The first-order valence-corrected chi connectivity index (χ1v) is 8.78. The first-order chi connectivity index (χ1) is 9.84. The van der Waals surface area contributed by atoms with Crippen LogP contribution in [0.25, 0.3) is 0 Å². The van der Waals surface area contributed by atoms with E-state index >= 15 is 0 Å². The minimum Gasteiger partial charge on any atom is -0.514 e. The molecule has 2 rings (SSSR count). The molecular weight excluding hydrogens is 345 g/mol. The van der Waals surface area contributed by atoms with Crippen molar-refractivity contribution < 1.29 is 37.8 Å². The van der Waals surface area contributed by atoms with Gasteiger partial charge in [-0.2, -0.15) is 0 Å². The normalized spacial score (nSPS) is 33.7. The van der Waals surface area contributed by atoms with Gasteiger partial charge in [-0.15, -0.1) is 6.58 Å². The van der Waals surface area contributed by atoms with Gasteiger partial charge in [-0.25, -0.2) is 0 Å². The molecule has 3 unspecified atom stereocenters. The molecule has 0 saturated heterocycles. The van der Waals surface area contributed by atoms with Gasteiger partial charge in [0.25, 0.3) is 0 Å². The van der Waals surface area contributed by atoms with E-state index in [0.717, 1.165) is 37.2 Å². The number of hydrogen-bond acceptors (Lipinski definition) is 1. The Kier molecular flexibility index (Phi) is 8.03. The Hall–Kier alpha value is 0.544. The summed E-state index contributed by atoms with van der Waals surface area (Å²) in [6.45, 7) is 17.1. The van der Waals surface area contributed by atoms with Crippen LogP contribution >= 0.6 is 0 Å². The molecule has 0 aromatic rings. The van der Waals surface area contributed by atoms with E-state index in [9.17, 15) is 5.11 Å². The van der Waals surface area contributed by atoms with Crippen molar-refractivity contribution in [3.8, 4) is 0 Å². The molecule has 0 amide bonds. The van der Waals surface area contributed by atoms with Crippen molar-refractivity contribution >= 4 is 0 Å². The minimum absolute atomic E-state index is 0. The Balaban J connectivity index is 0.00000242. The molecule has 123 valence electrons. The molecule has 1 N–H and O–H groups in total. The third-order valence-electron chi connectivity index (χ3n) is 6.26. The molecule has 2 aliphatic carbocycles. The first kappa shape index (κ1) is 20.6. The Morgan fingerprint density at radius 3 is 2.73 bits per heavy atom.